The summed E-state index contributed by atoms with van der Waals surface area (Å²) in [6.07, 6.45) is 2.90. The molecule has 0 saturated heterocycles. The molecule has 0 aliphatic carbocycles. The number of amides is 1. The lowest BCUT2D eigenvalue weighted by Crippen LogP contribution is -2.29. The van der Waals surface area contributed by atoms with E-state index in [9.17, 15) is 4.79 Å². The van der Waals surface area contributed by atoms with E-state index >= 15 is 0 Å². The maximum absolute atomic E-state index is 12.3. The van der Waals surface area contributed by atoms with Crippen molar-refractivity contribution < 1.29 is 14.3 Å². The van der Waals surface area contributed by atoms with E-state index in [1.807, 2.05) is 82.7 Å². The molecule has 10 heteroatoms. The molecule has 0 aliphatic heterocycles. The average Bonchev–Trinajstić information content (AvgIpc) is 2.96. The molecule has 2 N–H and O–H groups in total. The summed E-state index contributed by atoms with van der Waals surface area (Å²) in [5, 5.41) is 6.16. The van der Waals surface area contributed by atoms with Gasteiger partial charge >= 0.3 is 0 Å². The first-order valence-corrected chi connectivity index (χ1v) is 13.1. The van der Waals surface area contributed by atoms with Crippen molar-refractivity contribution in [1.82, 2.24) is 19.9 Å². The molecule has 0 fully saturated rings. The van der Waals surface area contributed by atoms with Crippen molar-refractivity contribution in [2.24, 2.45) is 0 Å². The average molecular weight is 554 g/mol. The molecule has 0 spiro atoms. The van der Waals surface area contributed by atoms with Crippen LogP contribution in [0.3, 0.4) is 0 Å². The molecule has 0 saturated carbocycles. The Bertz CT molecular complexity index is 1520. The van der Waals surface area contributed by atoms with E-state index in [4.69, 9.17) is 14.5 Å². The van der Waals surface area contributed by atoms with Crippen molar-refractivity contribution in [3.8, 4) is 28.6 Å². The summed E-state index contributed by atoms with van der Waals surface area (Å²) in [5.41, 5.74) is 4.29. The largest absolute Gasteiger partial charge is 0.494 e. The first-order chi connectivity index (χ1) is 19.8. The molecule has 4 rings (SSSR count). The number of nitrogens with one attached hydrogen (secondary N) is 2. The molecule has 41 heavy (non-hydrogen) atoms. The van der Waals surface area contributed by atoms with Gasteiger partial charge in [-0.15, -0.1) is 0 Å². The third-order valence-corrected chi connectivity index (χ3v) is 6.20. The molecule has 0 aliphatic rings. The van der Waals surface area contributed by atoms with Gasteiger partial charge in [0.1, 0.15) is 11.5 Å². The van der Waals surface area contributed by atoms with E-state index in [0.717, 1.165) is 30.0 Å². The Morgan fingerprint density at radius 3 is 2.51 bits per heavy atom. The minimum Gasteiger partial charge on any atom is -0.494 e. The lowest BCUT2D eigenvalue weighted by atomic mass is 10.1. The van der Waals surface area contributed by atoms with Crippen LogP contribution in [0, 0.1) is 6.92 Å². The van der Waals surface area contributed by atoms with Crippen LogP contribution in [-0.4, -0.2) is 67.1 Å². The fourth-order valence-corrected chi connectivity index (χ4v) is 4.05. The molecule has 0 atom stereocenters. The van der Waals surface area contributed by atoms with E-state index < -0.39 is 0 Å². The number of para-hydroxylation sites is 1. The van der Waals surface area contributed by atoms with Crippen LogP contribution in [0.5, 0.6) is 17.4 Å². The highest BCUT2D eigenvalue weighted by atomic mass is 16.5. The minimum absolute atomic E-state index is 0.318. The van der Waals surface area contributed by atoms with E-state index in [0.29, 0.717) is 40.4 Å². The van der Waals surface area contributed by atoms with Gasteiger partial charge in [-0.2, -0.15) is 0 Å². The van der Waals surface area contributed by atoms with Crippen LogP contribution < -0.4 is 25.0 Å². The third kappa shape index (κ3) is 7.58. The molecule has 2 heterocycles. The lowest BCUT2D eigenvalue weighted by Gasteiger charge is -2.26. The van der Waals surface area contributed by atoms with E-state index in [1.54, 1.807) is 19.4 Å². The summed E-state index contributed by atoms with van der Waals surface area (Å²) in [7, 11) is 7.59. The van der Waals surface area contributed by atoms with Crippen molar-refractivity contribution in [3.63, 3.8) is 0 Å². The Kier molecular flexibility index (Phi) is 9.49. The number of aromatic nitrogens is 3. The zero-order chi connectivity index (χ0) is 29.4. The number of benzene rings is 2. The fraction of sp³-hybridized carbons (Fsp3) is 0.226. The first kappa shape index (κ1) is 29.0. The van der Waals surface area contributed by atoms with E-state index in [1.165, 1.54) is 6.08 Å². The smallest absolute Gasteiger partial charge is 0.247 e. The van der Waals surface area contributed by atoms with Gasteiger partial charge in [0.15, 0.2) is 0 Å². The predicted octanol–water partition coefficient (Wildman–Crippen LogP) is 5.51. The first-order valence-electron chi connectivity index (χ1n) is 13.1. The van der Waals surface area contributed by atoms with E-state index in [2.05, 4.69) is 37.0 Å². The molecule has 10 nitrogen and oxygen atoms in total. The second-order valence-corrected chi connectivity index (χ2v) is 9.59. The summed E-state index contributed by atoms with van der Waals surface area (Å²) in [6.45, 7) is 7.07. The molecule has 2 aromatic heterocycles. The zero-order valence-corrected chi connectivity index (χ0v) is 24.0. The number of carbonyl (C=O) groups excluding carboxylic acids is 1. The van der Waals surface area contributed by atoms with Crippen LogP contribution in [0.25, 0.3) is 11.3 Å². The van der Waals surface area contributed by atoms with Crippen molar-refractivity contribution in [2.75, 3.05) is 56.9 Å². The number of hydrogen-bond acceptors (Lipinski definition) is 9. The standard InChI is InChI=1S/C31H35N7O3/c1-7-29(39)34-24-19-25(28(40-6)20-26(24)38(5)18-17-37(3)4)36-31-32-16-15-23(35-31)22-12-8-9-13-27(22)41-30-14-10-11-21(2)33-30/h7-16,19-20H,1,17-18H2,2-6H3,(H,34,39)(H,32,35,36). The maximum atomic E-state index is 12.3. The van der Waals surface area contributed by atoms with Gasteiger partial charge in [0, 0.05) is 49.7 Å². The second kappa shape index (κ2) is 13.4. The number of hydrogen-bond donors (Lipinski definition) is 2. The van der Waals surface area contributed by atoms with Crippen molar-refractivity contribution >= 4 is 28.9 Å². The Labute approximate surface area is 240 Å². The molecule has 212 valence electrons. The highest BCUT2D eigenvalue weighted by Gasteiger charge is 2.17. The number of methoxy groups -OCH3 is 1. The third-order valence-electron chi connectivity index (χ3n) is 6.20. The number of rotatable bonds is 12. The number of ether oxygens (including phenoxy) is 2. The monoisotopic (exact) mass is 553 g/mol. The van der Waals surface area contributed by atoms with Crippen molar-refractivity contribution in [3.05, 3.63) is 85.2 Å². The van der Waals surface area contributed by atoms with Gasteiger partial charge < -0.3 is 29.9 Å². The topological polar surface area (TPSA) is 105 Å². The number of carbonyl (C=O) groups is 1. The van der Waals surface area contributed by atoms with Gasteiger partial charge in [-0.1, -0.05) is 24.8 Å². The SMILES string of the molecule is C=CC(=O)Nc1cc(Nc2nccc(-c3ccccc3Oc3cccc(C)n3)n2)c(OC)cc1N(C)CCN(C)C. The second-order valence-electron chi connectivity index (χ2n) is 9.59. The molecule has 2 aromatic carbocycles. The Morgan fingerprint density at radius 2 is 1.78 bits per heavy atom. The molecular weight excluding hydrogens is 518 g/mol. The van der Waals surface area contributed by atoms with E-state index in [-0.39, 0.29) is 5.91 Å². The van der Waals surface area contributed by atoms with Crippen molar-refractivity contribution in [1.29, 1.82) is 0 Å². The summed E-state index contributed by atoms with van der Waals surface area (Å²) in [5.74, 6) is 1.71. The Balaban J connectivity index is 1.67. The van der Waals surface area contributed by atoms with Crippen LogP contribution in [0.4, 0.5) is 23.0 Å². The van der Waals surface area contributed by atoms with Gasteiger partial charge in [-0.05, 0) is 57.4 Å². The number of aryl methyl sites for hydroxylation is 1. The number of likely N-dealkylation sites (N-methyl/N-ethyl adjacent to an activating group) is 2. The number of pyridine rings is 1. The molecule has 0 radical (unpaired) electrons. The predicted molar refractivity (Wildman–Crippen MR) is 163 cm³/mol. The Morgan fingerprint density at radius 1 is 0.976 bits per heavy atom. The highest BCUT2D eigenvalue weighted by molar-refractivity contribution is 6.02. The van der Waals surface area contributed by atoms with Crippen LogP contribution in [0.1, 0.15) is 5.69 Å². The van der Waals surface area contributed by atoms with Crippen LogP contribution in [0.2, 0.25) is 0 Å². The van der Waals surface area contributed by atoms with Gasteiger partial charge in [0.2, 0.25) is 17.7 Å². The number of anilines is 4. The molecule has 0 bridgehead atoms. The summed E-state index contributed by atoms with van der Waals surface area (Å²) >= 11 is 0. The zero-order valence-electron chi connectivity index (χ0n) is 24.0. The molecule has 0 unspecified atom stereocenters. The van der Waals surface area contributed by atoms with Gasteiger partial charge in [0.25, 0.3) is 0 Å². The minimum atomic E-state index is -0.318. The van der Waals surface area contributed by atoms with Gasteiger partial charge in [-0.25, -0.2) is 15.0 Å². The highest BCUT2D eigenvalue weighted by Crippen LogP contribution is 2.38. The van der Waals surface area contributed by atoms with Crippen LogP contribution >= 0.6 is 0 Å². The van der Waals surface area contributed by atoms with Crippen LogP contribution in [-0.2, 0) is 4.79 Å². The lowest BCUT2D eigenvalue weighted by molar-refractivity contribution is -0.111. The Hall–Kier alpha value is -4.96. The van der Waals surface area contributed by atoms with Crippen molar-refractivity contribution in [2.45, 2.75) is 6.92 Å². The molecule has 4 aromatic rings. The quantitative estimate of drug-likeness (QED) is 0.220. The van der Waals surface area contributed by atoms with Gasteiger partial charge in [0.05, 0.1) is 29.9 Å². The summed E-state index contributed by atoms with van der Waals surface area (Å²) in [4.78, 5) is 30.1. The summed E-state index contributed by atoms with van der Waals surface area (Å²) < 4.78 is 11.8. The molecular formula is C31H35N7O3. The number of nitrogens with zero attached hydrogens (tertiary/aromatic N) is 5. The fourth-order valence-electron chi connectivity index (χ4n) is 4.05. The van der Waals surface area contributed by atoms with Crippen LogP contribution in [0.15, 0.2) is 79.5 Å². The normalized spacial score (nSPS) is 10.7. The van der Waals surface area contributed by atoms with Gasteiger partial charge in [-0.3, -0.25) is 4.79 Å². The maximum Gasteiger partial charge on any atom is 0.247 e. The molecule has 1 amide bonds. The summed E-state index contributed by atoms with van der Waals surface area (Å²) in [6, 6.07) is 18.7.